The third kappa shape index (κ3) is 3.84. The first-order valence-corrected chi connectivity index (χ1v) is 11.4. The Hall–Kier alpha value is -2.72. The van der Waals surface area contributed by atoms with Gasteiger partial charge in [-0.2, -0.15) is 5.10 Å². The SMILES string of the molecule is S=C1CC=CC=C1C1CC(c2ccc(N3CCCCC3)cc2)=NN1c1ccccc1. The van der Waals surface area contributed by atoms with Crippen LogP contribution in [0.3, 0.4) is 0 Å². The van der Waals surface area contributed by atoms with Gasteiger partial charge in [0.25, 0.3) is 0 Å². The second-order valence-corrected chi connectivity index (χ2v) is 8.71. The van der Waals surface area contributed by atoms with Gasteiger partial charge in [0.05, 0.1) is 17.4 Å². The van der Waals surface area contributed by atoms with E-state index in [2.05, 4.69) is 76.7 Å². The fraction of sp³-hybridized carbons (Fsp3) is 0.308. The molecule has 2 aromatic carbocycles. The second kappa shape index (κ2) is 8.57. The summed E-state index contributed by atoms with van der Waals surface area (Å²) in [6, 6.07) is 19.6. The molecule has 30 heavy (non-hydrogen) atoms. The molecule has 1 unspecified atom stereocenters. The van der Waals surface area contributed by atoms with Crippen LogP contribution in [-0.2, 0) is 0 Å². The summed E-state index contributed by atoms with van der Waals surface area (Å²) in [6.45, 7) is 2.34. The van der Waals surface area contributed by atoms with Crippen LogP contribution in [0.15, 0.2) is 83.5 Å². The molecule has 3 nitrogen and oxygen atoms in total. The van der Waals surface area contributed by atoms with Crippen LogP contribution in [0.25, 0.3) is 0 Å². The Labute approximate surface area is 184 Å². The molecule has 1 saturated heterocycles. The quantitative estimate of drug-likeness (QED) is 0.580. The zero-order chi connectivity index (χ0) is 20.3. The molecule has 0 N–H and O–H groups in total. The van der Waals surface area contributed by atoms with E-state index in [1.807, 2.05) is 6.07 Å². The molecule has 4 heteroatoms. The van der Waals surface area contributed by atoms with Gasteiger partial charge in [-0.05, 0) is 54.7 Å². The van der Waals surface area contributed by atoms with Gasteiger partial charge in [0.2, 0.25) is 0 Å². The van der Waals surface area contributed by atoms with Crippen molar-refractivity contribution in [1.82, 2.24) is 0 Å². The number of anilines is 2. The number of benzene rings is 2. The van der Waals surface area contributed by atoms with Crippen molar-refractivity contribution >= 4 is 34.2 Å². The van der Waals surface area contributed by atoms with Crippen molar-refractivity contribution in [2.45, 2.75) is 38.1 Å². The van der Waals surface area contributed by atoms with Crippen molar-refractivity contribution in [3.05, 3.63) is 84.0 Å². The van der Waals surface area contributed by atoms with Crippen LogP contribution in [0.4, 0.5) is 11.4 Å². The number of hydrogen-bond acceptors (Lipinski definition) is 4. The number of piperidine rings is 1. The van der Waals surface area contributed by atoms with Crippen molar-refractivity contribution in [2.75, 3.05) is 23.0 Å². The molecule has 2 aliphatic heterocycles. The highest BCUT2D eigenvalue weighted by molar-refractivity contribution is 7.80. The highest BCUT2D eigenvalue weighted by Gasteiger charge is 2.33. The minimum atomic E-state index is 0.154. The fourth-order valence-corrected chi connectivity index (χ4v) is 4.92. The van der Waals surface area contributed by atoms with E-state index in [4.69, 9.17) is 17.3 Å². The molecule has 1 atom stereocenters. The fourth-order valence-electron chi connectivity index (χ4n) is 4.62. The maximum Gasteiger partial charge on any atom is 0.0842 e. The molecule has 0 aromatic heterocycles. The number of thiocarbonyl (C=S) groups is 1. The van der Waals surface area contributed by atoms with Gasteiger partial charge in [-0.25, -0.2) is 0 Å². The summed E-state index contributed by atoms with van der Waals surface area (Å²) in [7, 11) is 0. The molecule has 2 heterocycles. The van der Waals surface area contributed by atoms with Gasteiger partial charge in [0, 0.05) is 36.5 Å². The largest absolute Gasteiger partial charge is 0.372 e. The van der Waals surface area contributed by atoms with Gasteiger partial charge in [-0.1, -0.05) is 60.8 Å². The molecule has 0 spiro atoms. The topological polar surface area (TPSA) is 18.8 Å². The van der Waals surface area contributed by atoms with Gasteiger partial charge >= 0.3 is 0 Å². The zero-order valence-electron chi connectivity index (χ0n) is 17.2. The lowest BCUT2D eigenvalue weighted by atomic mass is 9.92. The predicted octanol–water partition coefficient (Wildman–Crippen LogP) is 5.92. The normalized spacial score (nSPS) is 21.6. The molecule has 0 saturated carbocycles. The van der Waals surface area contributed by atoms with Crippen LogP contribution >= 0.6 is 12.2 Å². The predicted molar refractivity (Wildman–Crippen MR) is 131 cm³/mol. The summed E-state index contributed by atoms with van der Waals surface area (Å²) in [5.74, 6) is 0. The van der Waals surface area contributed by atoms with Gasteiger partial charge < -0.3 is 4.90 Å². The van der Waals surface area contributed by atoms with Crippen molar-refractivity contribution in [1.29, 1.82) is 0 Å². The van der Waals surface area contributed by atoms with E-state index in [1.54, 1.807) is 0 Å². The van der Waals surface area contributed by atoms with Crippen LogP contribution in [0.2, 0.25) is 0 Å². The molecule has 5 rings (SSSR count). The van der Waals surface area contributed by atoms with Crippen molar-refractivity contribution in [3.8, 4) is 0 Å². The lowest BCUT2D eigenvalue weighted by Gasteiger charge is -2.28. The first kappa shape index (κ1) is 19.3. The van der Waals surface area contributed by atoms with E-state index < -0.39 is 0 Å². The van der Waals surface area contributed by atoms with Crippen LogP contribution in [0, 0.1) is 0 Å². The molecule has 0 amide bonds. The van der Waals surface area contributed by atoms with Gasteiger partial charge in [-0.3, -0.25) is 5.01 Å². The second-order valence-electron chi connectivity index (χ2n) is 8.22. The van der Waals surface area contributed by atoms with E-state index in [0.717, 1.165) is 29.1 Å². The summed E-state index contributed by atoms with van der Waals surface area (Å²) in [5.41, 5.74) is 6.00. The summed E-state index contributed by atoms with van der Waals surface area (Å²) < 4.78 is 0. The Kier molecular flexibility index (Phi) is 5.50. The highest BCUT2D eigenvalue weighted by atomic mass is 32.1. The molecule has 152 valence electrons. The summed E-state index contributed by atoms with van der Waals surface area (Å²) >= 11 is 5.71. The molecule has 3 aliphatic rings. The Balaban J connectivity index is 1.44. The highest BCUT2D eigenvalue weighted by Crippen LogP contribution is 2.33. The van der Waals surface area contributed by atoms with Crippen molar-refractivity contribution in [2.24, 2.45) is 5.10 Å². The van der Waals surface area contributed by atoms with Crippen LogP contribution in [0.1, 0.15) is 37.7 Å². The number of nitrogens with zero attached hydrogens (tertiary/aromatic N) is 3. The summed E-state index contributed by atoms with van der Waals surface area (Å²) in [5, 5.41) is 7.23. The van der Waals surface area contributed by atoms with Crippen LogP contribution in [0.5, 0.6) is 0 Å². The minimum absolute atomic E-state index is 0.154. The molecule has 2 aromatic rings. The maximum atomic E-state index is 5.71. The van der Waals surface area contributed by atoms with E-state index in [9.17, 15) is 0 Å². The van der Waals surface area contributed by atoms with Gasteiger partial charge in [0.1, 0.15) is 0 Å². The minimum Gasteiger partial charge on any atom is -0.372 e. The van der Waals surface area contributed by atoms with Crippen LogP contribution in [-0.4, -0.2) is 29.7 Å². The first-order chi connectivity index (χ1) is 14.8. The lowest BCUT2D eigenvalue weighted by Crippen LogP contribution is -2.31. The first-order valence-electron chi connectivity index (χ1n) is 11.0. The van der Waals surface area contributed by atoms with Crippen LogP contribution < -0.4 is 9.91 Å². The molecule has 0 radical (unpaired) electrons. The van der Waals surface area contributed by atoms with E-state index in [1.165, 1.54) is 49.2 Å². The number of para-hydroxylation sites is 1. The third-order valence-electron chi connectivity index (χ3n) is 6.25. The lowest BCUT2D eigenvalue weighted by molar-refractivity contribution is 0.578. The van der Waals surface area contributed by atoms with Gasteiger partial charge in [0.15, 0.2) is 0 Å². The number of hydrazone groups is 1. The molecular weight excluding hydrogens is 386 g/mol. The molecule has 0 bridgehead atoms. The Morgan fingerprint density at radius 3 is 2.37 bits per heavy atom. The Morgan fingerprint density at radius 2 is 1.63 bits per heavy atom. The molecular formula is C26H27N3S. The van der Waals surface area contributed by atoms with Crippen molar-refractivity contribution < 1.29 is 0 Å². The van der Waals surface area contributed by atoms with E-state index in [0.29, 0.717) is 0 Å². The smallest absolute Gasteiger partial charge is 0.0842 e. The van der Waals surface area contributed by atoms with Crippen molar-refractivity contribution in [3.63, 3.8) is 0 Å². The number of rotatable bonds is 4. The number of allylic oxidation sites excluding steroid dienone is 3. The molecule has 1 aliphatic carbocycles. The number of hydrogen-bond donors (Lipinski definition) is 0. The van der Waals surface area contributed by atoms with E-state index >= 15 is 0 Å². The maximum absolute atomic E-state index is 5.71. The third-order valence-corrected chi connectivity index (χ3v) is 6.65. The monoisotopic (exact) mass is 413 g/mol. The Bertz CT molecular complexity index is 998. The molecule has 1 fully saturated rings. The Morgan fingerprint density at radius 1 is 0.867 bits per heavy atom. The average Bonchev–Trinajstić information content (AvgIpc) is 3.26. The summed E-state index contributed by atoms with van der Waals surface area (Å²) in [6.07, 6.45) is 12.1. The zero-order valence-corrected chi connectivity index (χ0v) is 18.0. The van der Waals surface area contributed by atoms with Gasteiger partial charge in [-0.15, -0.1) is 0 Å². The standard InChI is InChI=1S/C26H27N3S/c30-26-12-6-5-11-23(26)25-19-24(27-29(25)22-9-3-1-4-10-22)20-13-15-21(16-14-20)28-17-7-2-8-18-28/h1,3-6,9-11,13-16,25H,2,7-8,12,17-19H2. The average molecular weight is 414 g/mol. The summed E-state index contributed by atoms with van der Waals surface area (Å²) in [4.78, 5) is 3.53. The van der Waals surface area contributed by atoms with E-state index in [-0.39, 0.29) is 6.04 Å².